The van der Waals surface area contributed by atoms with Crippen molar-refractivity contribution in [2.24, 2.45) is 0 Å². The number of rotatable bonds is 8. The Morgan fingerprint density at radius 1 is 1.29 bits per heavy atom. The van der Waals surface area contributed by atoms with Crippen molar-refractivity contribution in [2.75, 3.05) is 20.3 Å². The third-order valence-electron chi connectivity index (χ3n) is 5.67. The number of aliphatic hydroxyl groups is 1. The zero-order chi connectivity index (χ0) is 21.0. The maximum absolute atomic E-state index is 12.2. The minimum absolute atomic E-state index is 0.00697. The molecule has 1 saturated heterocycles. The van der Waals surface area contributed by atoms with Gasteiger partial charge in [-0.15, -0.1) is 0 Å². The van der Waals surface area contributed by atoms with Crippen molar-refractivity contribution in [3.63, 3.8) is 0 Å². The molecule has 1 N–H and O–H groups in total. The second kappa shape index (κ2) is 9.05. The van der Waals surface area contributed by atoms with Crippen LogP contribution in [0.5, 0.6) is 0 Å². The molecule has 0 spiro atoms. The van der Waals surface area contributed by atoms with Crippen LogP contribution in [0.1, 0.15) is 44.0 Å². The normalized spacial score (nSPS) is 25.7. The molecule has 7 heteroatoms. The third-order valence-corrected chi connectivity index (χ3v) is 10.2. The highest BCUT2D eigenvalue weighted by Gasteiger charge is 2.52. The highest BCUT2D eigenvalue weighted by Crippen LogP contribution is 2.42. The zero-order valence-corrected chi connectivity index (χ0v) is 18.9. The van der Waals surface area contributed by atoms with Gasteiger partial charge < -0.3 is 23.7 Å². The molecule has 1 aromatic carbocycles. The average Bonchev–Trinajstić information content (AvgIpc) is 2.93. The van der Waals surface area contributed by atoms with Crippen molar-refractivity contribution in [3.05, 3.63) is 35.9 Å². The summed E-state index contributed by atoms with van der Waals surface area (Å²) >= 11 is 0. The molecular formula is C21H34O6Si. The lowest BCUT2D eigenvalue weighted by Gasteiger charge is -2.41. The second-order valence-electron chi connectivity index (χ2n) is 8.89. The van der Waals surface area contributed by atoms with Crippen molar-refractivity contribution in [2.45, 2.75) is 69.7 Å². The molecule has 158 valence electrons. The molecule has 1 aromatic rings. The van der Waals surface area contributed by atoms with Gasteiger partial charge in [-0.25, -0.2) is 4.79 Å². The van der Waals surface area contributed by atoms with Gasteiger partial charge in [0.25, 0.3) is 0 Å². The van der Waals surface area contributed by atoms with E-state index in [9.17, 15) is 9.90 Å². The second-order valence-corrected chi connectivity index (χ2v) is 13.7. The number of methoxy groups -OCH3 is 1. The van der Waals surface area contributed by atoms with E-state index in [1.807, 2.05) is 6.07 Å². The number of hydrogen-bond acceptors (Lipinski definition) is 6. The molecule has 6 nitrogen and oxygen atoms in total. The first-order valence-electron chi connectivity index (χ1n) is 9.77. The first-order chi connectivity index (χ1) is 13.0. The number of carbonyl (C=O) groups excluding carboxylic acids is 1. The van der Waals surface area contributed by atoms with Crippen LogP contribution in [0, 0.1) is 0 Å². The summed E-state index contributed by atoms with van der Waals surface area (Å²) in [6.45, 7) is 11.2. The van der Waals surface area contributed by atoms with E-state index in [1.165, 1.54) is 0 Å². The van der Waals surface area contributed by atoms with Gasteiger partial charge in [0, 0.05) is 20.0 Å². The first kappa shape index (κ1) is 23.0. The highest BCUT2D eigenvalue weighted by atomic mass is 28.4. The van der Waals surface area contributed by atoms with E-state index in [1.54, 1.807) is 31.4 Å². The standard InChI is InChI=1S/C21H34O6Si/c1-20(2,3)28(5,6)27-18-14-17(26-21(18,23)12-13-24-4)15-25-19(22)16-10-8-7-9-11-16/h7-11,17-18,23H,12-15H2,1-6H3/t17-,18+,21?/m0/s1. The molecule has 28 heavy (non-hydrogen) atoms. The summed E-state index contributed by atoms with van der Waals surface area (Å²) in [5, 5.41) is 11.1. The van der Waals surface area contributed by atoms with Crippen LogP contribution < -0.4 is 0 Å². The molecule has 0 amide bonds. The van der Waals surface area contributed by atoms with Crippen LogP contribution in [0.25, 0.3) is 0 Å². The Labute approximate surface area is 169 Å². The predicted octanol–water partition coefficient (Wildman–Crippen LogP) is 3.75. The van der Waals surface area contributed by atoms with Crippen molar-refractivity contribution in [1.29, 1.82) is 0 Å². The summed E-state index contributed by atoms with van der Waals surface area (Å²) in [6.07, 6.45) is -0.144. The minimum Gasteiger partial charge on any atom is -0.459 e. The fourth-order valence-electron chi connectivity index (χ4n) is 2.90. The Hall–Kier alpha value is -1.25. The third kappa shape index (κ3) is 5.64. The van der Waals surface area contributed by atoms with Gasteiger partial charge in [-0.05, 0) is 30.3 Å². The van der Waals surface area contributed by atoms with Crippen molar-refractivity contribution < 1.29 is 28.5 Å². The molecular weight excluding hydrogens is 376 g/mol. The molecule has 1 heterocycles. The molecule has 3 atom stereocenters. The van der Waals surface area contributed by atoms with E-state index < -0.39 is 32.3 Å². The molecule has 2 rings (SSSR count). The van der Waals surface area contributed by atoms with Gasteiger partial charge in [-0.1, -0.05) is 39.0 Å². The van der Waals surface area contributed by atoms with Gasteiger partial charge in [-0.3, -0.25) is 0 Å². The molecule has 0 aromatic heterocycles. The molecule has 0 saturated carbocycles. The summed E-state index contributed by atoms with van der Waals surface area (Å²) in [6, 6.07) is 8.83. The van der Waals surface area contributed by atoms with E-state index >= 15 is 0 Å². The molecule has 0 radical (unpaired) electrons. The first-order valence-corrected chi connectivity index (χ1v) is 12.7. The average molecular weight is 411 g/mol. The van der Waals surface area contributed by atoms with Gasteiger partial charge in [-0.2, -0.15) is 0 Å². The number of benzene rings is 1. The topological polar surface area (TPSA) is 74.2 Å². The lowest BCUT2D eigenvalue weighted by molar-refractivity contribution is -0.235. The van der Waals surface area contributed by atoms with Gasteiger partial charge >= 0.3 is 5.97 Å². The fourth-order valence-corrected chi connectivity index (χ4v) is 4.25. The van der Waals surface area contributed by atoms with Crippen molar-refractivity contribution in [3.8, 4) is 0 Å². The molecule has 0 aliphatic carbocycles. The SMILES string of the molecule is COCCC1(O)O[C@H](COC(=O)c2ccccc2)C[C@H]1O[Si](C)(C)C(C)(C)C. The molecule has 1 aliphatic heterocycles. The van der Waals surface area contributed by atoms with Crippen LogP contribution >= 0.6 is 0 Å². The minimum atomic E-state index is -2.11. The van der Waals surface area contributed by atoms with E-state index in [4.69, 9.17) is 18.6 Å². The predicted molar refractivity (Wildman–Crippen MR) is 110 cm³/mol. The van der Waals surface area contributed by atoms with Crippen LogP contribution in [0.4, 0.5) is 0 Å². The smallest absolute Gasteiger partial charge is 0.338 e. The number of ether oxygens (including phenoxy) is 3. The van der Waals surface area contributed by atoms with E-state index in [0.717, 1.165) is 0 Å². The van der Waals surface area contributed by atoms with Gasteiger partial charge in [0.05, 0.1) is 18.3 Å². The fraction of sp³-hybridized carbons (Fsp3) is 0.667. The van der Waals surface area contributed by atoms with Crippen LogP contribution in [0.15, 0.2) is 30.3 Å². The summed E-state index contributed by atoms with van der Waals surface area (Å²) in [7, 11) is -0.529. The Morgan fingerprint density at radius 3 is 2.50 bits per heavy atom. The van der Waals surface area contributed by atoms with Crippen LogP contribution in [-0.4, -0.2) is 57.7 Å². The lowest BCUT2D eigenvalue weighted by Crippen LogP contribution is -2.51. The molecule has 1 aliphatic rings. The molecule has 1 fully saturated rings. The summed E-state index contributed by atoms with van der Waals surface area (Å²) < 4.78 is 22.9. The Kier molecular flexibility index (Phi) is 7.44. The van der Waals surface area contributed by atoms with Gasteiger partial charge in [0.1, 0.15) is 12.7 Å². The molecule has 1 unspecified atom stereocenters. The number of carbonyl (C=O) groups is 1. The number of hydrogen-bond donors (Lipinski definition) is 1. The maximum atomic E-state index is 12.2. The monoisotopic (exact) mass is 410 g/mol. The Bertz CT molecular complexity index is 642. The highest BCUT2D eigenvalue weighted by molar-refractivity contribution is 6.74. The van der Waals surface area contributed by atoms with E-state index in [0.29, 0.717) is 25.0 Å². The van der Waals surface area contributed by atoms with Crippen molar-refractivity contribution >= 4 is 14.3 Å². The zero-order valence-electron chi connectivity index (χ0n) is 17.9. The van der Waals surface area contributed by atoms with Crippen LogP contribution in [0.2, 0.25) is 18.1 Å². The van der Waals surface area contributed by atoms with Gasteiger partial charge in [0.2, 0.25) is 0 Å². The Balaban J connectivity index is 2.05. The van der Waals surface area contributed by atoms with Crippen LogP contribution in [0.3, 0.4) is 0 Å². The summed E-state index contributed by atoms with van der Waals surface area (Å²) in [4.78, 5) is 12.2. The quantitative estimate of drug-likeness (QED) is 0.520. The van der Waals surface area contributed by atoms with Gasteiger partial charge in [0.15, 0.2) is 14.1 Å². The van der Waals surface area contributed by atoms with E-state index in [-0.39, 0.29) is 11.6 Å². The van der Waals surface area contributed by atoms with E-state index in [2.05, 4.69) is 33.9 Å². The maximum Gasteiger partial charge on any atom is 0.338 e. The Morgan fingerprint density at radius 2 is 1.93 bits per heavy atom. The molecule has 0 bridgehead atoms. The van der Waals surface area contributed by atoms with Crippen molar-refractivity contribution in [1.82, 2.24) is 0 Å². The number of esters is 1. The lowest BCUT2D eigenvalue weighted by atomic mass is 10.1. The largest absolute Gasteiger partial charge is 0.459 e. The summed E-state index contributed by atoms with van der Waals surface area (Å²) in [5.74, 6) is -1.85. The summed E-state index contributed by atoms with van der Waals surface area (Å²) in [5.41, 5.74) is 0.490. The van der Waals surface area contributed by atoms with Crippen LogP contribution in [-0.2, 0) is 18.6 Å².